The van der Waals surface area contributed by atoms with E-state index in [9.17, 15) is 9.59 Å². The van der Waals surface area contributed by atoms with Crippen molar-refractivity contribution in [3.63, 3.8) is 0 Å². The fourth-order valence-corrected chi connectivity index (χ4v) is 0.434. The molecule has 0 radical (unpaired) electrons. The minimum absolute atomic E-state index is 0.835. The number of nitrogens with two attached hydrogens (primary N) is 2. The lowest BCUT2D eigenvalue weighted by molar-refractivity contribution is -0.172. The van der Waals surface area contributed by atoms with Crippen molar-refractivity contribution < 1.29 is 19.1 Å². The van der Waals surface area contributed by atoms with Crippen molar-refractivity contribution in [3.05, 3.63) is 0 Å². The van der Waals surface area contributed by atoms with Crippen LogP contribution in [0.25, 0.3) is 0 Å². The first-order valence-electron chi connectivity index (χ1n) is 3.36. The monoisotopic (exact) mass is 176 g/mol. The number of rotatable bonds is 2. The van der Waals surface area contributed by atoms with E-state index < -0.39 is 24.4 Å². The molecule has 12 heavy (non-hydrogen) atoms. The molecule has 4 N–H and O–H groups in total. The van der Waals surface area contributed by atoms with Crippen LogP contribution < -0.4 is 11.5 Å². The number of carbonyl (C=O) groups excluding carboxylic acids is 2. The number of esters is 2. The molecule has 6 nitrogen and oxygen atoms in total. The van der Waals surface area contributed by atoms with Crippen LogP contribution in [0.2, 0.25) is 0 Å². The molecule has 0 bridgehead atoms. The highest BCUT2D eigenvalue weighted by Crippen LogP contribution is 1.89. The molecule has 0 aliphatic heterocycles. The predicted octanol–water partition coefficient (Wildman–Crippen LogP) is -1.32. The van der Waals surface area contributed by atoms with Gasteiger partial charge in [-0.3, -0.25) is 11.5 Å². The summed E-state index contributed by atoms with van der Waals surface area (Å²) in [6.45, 7) is 2.83. The van der Waals surface area contributed by atoms with Gasteiger partial charge in [0.05, 0.1) is 0 Å². The average Bonchev–Trinajstić information content (AvgIpc) is 1.84. The van der Waals surface area contributed by atoms with Crippen molar-refractivity contribution in [2.45, 2.75) is 26.3 Å². The Labute approximate surface area is 69.8 Å². The lowest BCUT2D eigenvalue weighted by Gasteiger charge is -2.09. The van der Waals surface area contributed by atoms with Crippen molar-refractivity contribution in [1.29, 1.82) is 0 Å². The fourth-order valence-electron chi connectivity index (χ4n) is 0.434. The number of hydrogen-bond donors (Lipinski definition) is 2. The Morgan fingerprint density at radius 3 is 1.42 bits per heavy atom. The largest absolute Gasteiger partial charge is 0.439 e. The Morgan fingerprint density at radius 2 is 1.25 bits per heavy atom. The van der Waals surface area contributed by atoms with Gasteiger partial charge in [-0.25, -0.2) is 9.59 Å². The molecule has 0 rings (SSSR count). The summed E-state index contributed by atoms with van der Waals surface area (Å²) >= 11 is 0. The third-order valence-corrected chi connectivity index (χ3v) is 0.753. The second-order valence-corrected chi connectivity index (χ2v) is 2.22. The van der Waals surface area contributed by atoms with Crippen LogP contribution in [0.15, 0.2) is 0 Å². The topological polar surface area (TPSA) is 105 Å². The molecule has 2 unspecified atom stereocenters. The highest BCUT2D eigenvalue weighted by molar-refractivity contribution is 6.29. The summed E-state index contributed by atoms with van der Waals surface area (Å²) in [4.78, 5) is 21.3. The van der Waals surface area contributed by atoms with Crippen LogP contribution in [0.4, 0.5) is 0 Å². The van der Waals surface area contributed by atoms with Gasteiger partial charge < -0.3 is 9.47 Å². The average molecular weight is 176 g/mol. The molecule has 0 aromatic carbocycles. The summed E-state index contributed by atoms with van der Waals surface area (Å²) < 4.78 is 8.64. The van der Waals surface area contributed by atoms with E-state index in [1.54, 1.807) is 0 Å². The maximum atomic E-state index is 10.7. The van der Waals surface area contributed by atoms with E-state index >= 15 is 0 Å². The summed E-state index contributed by atoms with van der Waals surface area (Å²) in [6.07, 6.45) is -1.67. The van der Waals surface area contributed by atoms with Crippen molar-refractivity contribution >= 4 is 11.9 Å². The molecular formula is C6H12N2O4. The van der Waals surface area contributed by atoms with E-state index in [4.69, 9.17) is 11.5 Å². The zero-order valence-corrected chi connectivity index (χ0v) is 6.94. The maximum absolute atomic E-state index is 10.7. The Kier molecular flexibility index (Phi) is 4.24. The van der Waals surface area contributed by atoms with Crippen molar-refractivity contribution in [2.24, 2.45) is 11.5 Å². The first-order valence-corrected chi connectivity index (χ1v) is 3.36. The van der Waals surface area contributed by atoms with Gasteiger partial charge in [0.15, 0.2) is 0 Å². The Hall–Kier alpha value is -1.14. The highest BCUT2D eigenvalue weighted by Gasteiger charge is 2.19. The van der Waals surface area contributed by atoms with Crippen molar-refractivity contribution in [1.82, 2.24) is 0 Å². The zero-order valence-electron chi connectivity index (χ0n) is 6.94. The quantitative estimate of drug-likeness (QED) is 0.307. The second kappa shape index (κ2) is 4.68. The number of hydrogen-bond acceptors (Lipinski definition) is 6. The van der Waals surface area contributed by atoms with Crippen LogP contribution in [-0.2, 0) is 19.1 Å². The van der Waals surface area contributed by atoms with Crippen LogP contribution in [0.5, 0.6) is 0 Å². The summed E-state index contributed by atoms with van der Waals surface area (Å²) in [7, 11) is 0. The van der Waals surface area contributed by atoms with Gasteiger partial charge in [-0.15, -0.1) is 0 Å². The SMILES string of the molecule is CC(N)OC(=O)C(=O)OC(C)N. The molecule has 0 aliphatic carbocycles. The predicted molar refractivity (Wildman–Crippen MR) is 39.5 cm³/mol. The molecule has 2 atom stereocenters. The van der Waals surface area contributed by atoms with Gasteiger partial charge in [0.2, 0.25) is 0 Å². The van der Waals surface area contributed by atoms with E-state index in [0.717, 1.165) is 0 Å². The van der Waals surface area contributed by atoms with Crippen LogP contribution in [0.1, 0.15) is 13.8 Å². The summed E-state index contributed by atoms with van der Waals surface area (Å²) in [5.74, 6) is -2.27. The summed E-state index contributed by atoms with van der Waals surface area (Å²) in [6, 6.07) is 0. The first-order chi connectivity index (χ1) is 5.43. The first kappa shape index (κ1) is 10.9. The molecule has 0 aromatic rings. The van der Waals surface area contributed by atoms with Gasteiger partial charge in [0.25, 0.3) is 0 Å². The Morgan fingerprint density at radius 1 is 1.00 bits per heavy atom. The second-order valence-electron chi connectivity index (χ2n) is 2.22. The van der Waals surface area contributed by atoms with Crippen LogP contribution in [-0.4, -0.2) is 24.4 Å². The van der Waals surface area contributed by atoms with Gasteiger partial charge in [0.1, 0.15) is 12.5 Å². The van der Waals surface area contributed by atoms with Gasteiger partial charge in [0, 0.05) is 0 Å². The van der Waals surface area contributed by atoms with Gasteiger partial charge in [-0.05, 0) is 13.8 Å². The molecule has 0 aromatic heterocycles. The smallest absolute Gasteiger partial charge is 0.419 e. The molecule has 0 saturated carbocycles. The number of carbonyl (C=O) groups is 2. The highest BCUT2D eigenvalue weighted by atomic mass is 16.6. The third-order valence-electron chi connectivity index (χ3n) is 0.753. The molecule has 6 heteroatoms. The molecule has 0 spiro atoms. The standard InChI is InChI=1S/C6H12N2O4/c1-3(7)11-5(9)6(10)12-4(2)8/h3-4H,7-8H2,1-2H3. The minimum atomic E-state index is -1.14. The zero-order chi connectivity index (χ0) is 9.72. The summed E-state index contributed by atoms with van der Waals surface area (Å²) in [5.41, 5.74) is 10.2. The molecule has 0 saturated heterocycles. The van der Waals surface area contributed by atoms with Crippen LogP contribution in [0.3, 0.4) is 0 Å². The fraction of sp³-hybridized carbons (Fsp3) is 0.667. The summed E-state index contributed by atoms with van der Waals surface area (Å²) in [5, 5.41) is 0. The number of ether oxygens (including phenoxy) is 2. The normalized spacial score (nSPS) is 14.7. The molecule has 0 amide bonds. The lowest BCUT2D eigenvalue weighted by Crippen LogP contribution is -2.33. The van der Waals surface area contributed by atoms with Crippen LogP contribution >= 0.6 is 0 Å². The molecule has 70 valence electrons. The van der Waals surface area contributed by atoms with Crippen molar-refractivity contribution in [3.8, 4) is 0 Å². The molecule has 0 aliphatic rings. The van der Waals surface area contributed by atoms with Gasteiger partial charge in [-0.1, -0.05) is 0 Å². The Bertz CT molecular complexity index is 158. The molecule has 0 heterocycles. The van der Waals surface area contributed by atoms with Crippen LogP contribution in [0, 0.1) is 0 Å². The van der Waals surface area contributed by atoms with Gasteiger partial charge >= 0.3 is 11.9 Å². The lowest BCUT2D eigenvalue weighted by atomic mass is 10.6. The van der Waals surface area contributed by atoms with E-state index in [1.807, 2.05) is 0 Å². The van der Waals surface area contributed by atoms with E-state index in [1.165, 1.54) is 13.8 Å². The maximum Gasteiger partial charge on any atom is 0.419 e. The third kappa shape index (κ3) is 4.64. The van der Waals surface area contributed by atoms with Crippen molar-refractivity contribution in [2.75, 3.05) is 0 Å². The van der Waals surface area contributed by atoms with E-state index in [0.29, 0.717) is 0 Å². The van der Waals surface area contributed by atoms with Gasteiger partial charge in [-0.2, -0.15) is 0 Å². The minimum Gasteiger partial charge on any atom is -0.439 e. The molecule has 0 fully saturated rings. The molecular weight excluding hydrogens is 164 g/mol. The van der Waals surface area contributed by atoms with E-state index in [2.05, 4.69) is 9.47 Å². The van der Waals surface area contributed by atoms with E-state index in [-0.39, 0.29) is 0 Å². The Balaban J connectivity index is 3.86.